The van der Waals surface area contributed by atoms with E-state index in [0.717, 1.165) is 11.4 Å². The zero-order valence-electron chi connectivity index (χ0n) is 15.0. The molecule has 0 spiro atoms. The molecule has 0 radical (unpaired) electrons. The number of methoxy groups -OCH3 is 1. The third-order valence-electron chi connectivity index (χ3n) is 4.45. The van der Waals surface area contributed by atoms with E-state index in [2.05, 4.69) is 10.2 Å². The van der Waals surface area contributed by atoms with Gasteiger partial charge in [-0.25, -0.2) is 0 Å². The number of ether oxygens (including phenoxy) is 1. The lowest BCUT2D eigenvalue weighted by Crippen LogP contribution is -2.51. The van der Waals surface area contributed by atoms with E-state index in [1.165, 1.54) is 6.07 Å². The highest BCUT2D eigenvalue weighted by atomic mass is 16.5. The predicted octanol–water partition coefficient (Wildman–Crippen LogP) is 1.85. The molecule has 2 amide bonds. The number of carbonyl (C=O) groups excluding carboxylic acids is 2. The van der Waals surface area contributed by atoms with Gasteiger partial charge in [0, 0.05) is 37.6 Å². The van der Waals surface area contributed by atoms with Crippen molar-refractivity contribution in [2.75, 3.05) is 43.5 Å². The maximum absolute atomic E-state index is 12.4. The summed E-state index contributed by atoms with van der Waals surface area (Å²) in [7, 11) is 1.63. The molecular weight excluding hydrogens is 344 g/mol. The highest BCUT2D eigenvalue weighted by molar-refractivity contribution is 6.39. The van der Waals surface area contributed by atoms with Crippen LogP contribution in [0.3, 0.4) is 0 Å². The highest BCUT2D eigenvalue weighted by Crippen LogP contribution is 2.20. The molecule has 0 unspecified atom stereocenters. The molecule has 1 N–H and O–H groups in total. The third-order valence-corrected chi connectivity index (χ3v) is 4.45. The van der Waals surface area contributed by atoms with Gasteiger partial charge in [-0.2, -0.15) is 5.26 Å². The van der Waals surface area contributed by atoms with E-state index in [0.29, 0.717) is 37.4 Å². The first-order valence-corrected chi connectivity index (χ1v) is 8.60. The number of nitrogens with zero attached hydrogens (tertiary/aromatic N) is 3. The summed E-state index contributed by atoms with van der Waals surface area (Å²) < 4.78 is 5.16. The lowest BCUT2D eigenvalue weighted by Gasteiger charge is -2.35. The minimum Gasteiger partial charge on any atom is -0.497 e. The van der Waals surface area contributed by atoms with Gasteiger partial charge >= 0.3 is 11.8 Å². The van der Waals surface area contributed by atoms with Gasteiger partial charge in [0.25, 0.3) is 0 Å². The first kappa shape index (κ1) is 18.3. The van der Waals surface area contributed by atoms with Crippen molar-refractivity contribution in [2.24, 2.45) is 0 Å². The van der Waals surface area contributed by atoms with E-state index in [1.807, 2.05) is 30.3 Å². The molecule has 0 bridgehead atoms. The Morgan fingerprint density at radius 3 is 2.41 bits per heavy atom. The molecule has 27 heavy (non-hydrogen) atoms. The molecule has 1 aliphatic heterocycles. The zero-order chi connectivity index (χ0) is 19.2. The average molecular weight is 364 g/mol. The zero-order valence-corrected chi connectivity index (χ0v) is 15.0. The molecule has 0 aromatic heterocycles. The van der Waals surface area contributed by atoms with Crippen LogP contribution in [0.4, 0.5) is 11.4 Å². The number of piperazine rings is 1. The Morgan fingerprint density at radius 2 is 1.78 bits per heavy atom. The van der Waals surface area contributed by atoms with Crippen molar-refractivity contribution in [2.45, 2.75) is 0 Å². The van der Waals surface area contributed by atoms with Gasteiger partial charge in [-0.05, 0) is 42.5 Å². The number of hydrogen-bond donors (Lipinski definition) is 1. The van der Waals surface area contributed by atoms with Crippen LogP contribution < -0.4 is 15.0 Å². The number of hydrogen-bond acceptors (Lipinski definition) is 5. The molecule has 7 nitrogen and oxygen atoms in total. The summed E-state index contributed by atoms with van der Waals surface area (Å²) in [6, 6.07) is 16.2. The number of benzene rings is 2. The van der Waals surface area contributed by atoms with E-state index in [9.17, 15) is 9.59 Å². The van der Waals surface area contributed by atoms with E-state index in [4.69, 9.17) is 10.00 Å². The molecule has 7 heteroatoms. The molecule has 1 fully saturated rings. The van der Waals surface area contributed by atoms with Crippen LogP contribution in [0, 0.1) is 11.3 Å². The largest absolute Gasteiger partial charge is 0.497 e. The summed E-state index contributed by atoms with van der Waals surface area (Å²) in [5, 5.41) is 11.5. The second kappa shape index (κ2) is 8.23. The quantitative estimate of drug-likeness (QED) is 0.840. The molecule has 2 aromatic carbocycles. The average Bonchev–Trinajstić information content (AvgIpc) is 2.73. The number of carbonyl (C=O) groups is 2. The Bertz CT molecular complexity index is 866. The van der Waals surface area contributed by atoms with Crippen LogP contribution in [-0.2, 0) is 9.59 Å². The van der Waals surface area contributed by atoms with Crippen molar-refractivity contribution in [3.63, 3.8) is 0 Å². The van der Waals surface area contributed by atoms with Gasteiger partial charge in [0.15, 0.2) is 0 Å². The van der Waals surface area contributed by atoms with Crippen molar-refractivity contribution in [1.29, 1.82) is 5.26 Å². The fraction of sp³-hybridized carbons (Fsp3) is 0.250. The smallest absolute Gasteiger partial charge is 0.313 e. The van der Waals surface area contributed by atoms with Crippen molar-refractivity contribution < 1.29 is 14.3 Å². The minimum absolute atomic E-state index is 0.424. The molecule has 0 atom stereocenters. The third kappa shape index (κ3) is 4.36. The highest BCUT2D eigenvalue weighted by Gasteiger charge is 2.26. The molecular formula is C20H20N4O3. The van der Waals surface area contributed by atoms with Gasteiger partial charge in [0.2, 0.25) is 0 Å². The molecule has 138 valence electrons. The summed E-state index contributed by atoms with van der Waals surface area (Å²) in [4.78, 5) is 28.3. The van der Waals surface area contributed by atoms with Crippen molar-refractivity contribution in [3.05, 3.63) is 54.1 Å². The van der Waals surface area contributed by atoms with Gasteiger partial charge in [-0.15, -0.1) is 0 Å². The summed E-state index contributed by atoms with van der Waals surface area (Å²) in [6.45, 7) is 2.23. The first-order chi connectivity index (χ1) is 13.1. The molecule has 1 aliphatic rings. The van der Waals surface area contributed by atoms with Crippen molar-refractivity contribution in [1.82, 2.24) is 4.90 Å². The van der Waals surface area contributed by atoms with E-state index in [1.54, 1.807) is 30.2 Å². The molecule has 1 saturated heterocycles. The van der Waals surface area contributed by atoms with Crippen LogP contribution in [-0.4, -0.2) is 50.0 Å². The molecule has 1 heterocycles. The van der Waals surface area contributed by atoms with Crippen LogP contribution in [0.1, 0.15) is 5.56 Å². The van der Waals surface area contributed by atoms with Crippen LogP contribution >= 0.6 is 0 Å². The van der Waals surface area contributed by atoms with E-state index < -0.39 is 11.8 Å². The van der Waals surface area contributed by atoms with Crippen molar-refractivity contribution >= 4 is 23.2 Å². The fourth-order valence-electron chi connectivity index (χ4n) is 2.96. The Balaban J connectivity index is 1.55. The minimum atomic E-state index is -0.692. The number of amides is 2. The van der Waals surface area contributed by atoms with Gasteiger partial charge in [-0.1, -0.05) is 6.07 Å². The lowest BCUT2D eigenvalue weighted by atomic mass is 10.2. The van der Waals surface area contributed by atoms with Gasteiger partial charge < -0.3 is 19.9 Å². The maximum Gasteiger partial charge on any atom is 0.313 e. The van der Waals surface area contributed by atoms with Crippen LogP contribution in [0.5, 0.6) is 5.75 Å². The number of nitrogens with one attached hydrogen (secondary N) is 1. The van der Waals surface area contributed by atoms with Crippen LogP contribution in [0.15, 0.2) is 48.5 Å². The number of rotatable bonds is 3. The Hall–Kier alpha value is -3.53. The Labute approximate surface area is 157 Å². The summed E-state index contributed by atoms with van der Waals surface area (Å²) in [5.41, 5.74) is 1.92. The van der Waals surface area contributed by atoms with E-state index in [-0.39, 0.29) is 0 Å². The number of anilines is 2. The normalized spacial score (nSPS) is 13.6. The fourth-order valence-corrected chi connectivity index (χ4v) is 2.96. The maximum atomic E-state index is 12.4. The molecule has 0 aliphatic carbocycles. The monoisotopic (exact) mass is 364 g/mol. The summed E-state index contributed by atoms with van der Waals surface area (Å²) in [6.07, 6.45) is 0. The molecule has 2 aromatic rings. The van der Waals surface area contributed by atoms with Crippen LogP contribution in [0.2, 0.25) is 0 Å². The van der Waals surface area contributed by atoms with Crippen LogP contribution in [0.25, 0.3) is 0 Å². The molecule has 0 saturated carbocycles. The van der Waals surface area contributed by atoms with Gasteiger partial charge in [0.05, 0.1) is 18.7 Å². The summed E-state index contributed by atoms with van der Waals surface area (Å²) >= 11 is 0. The van der Waals surface area contributed by atoms with Gasteiger partial charge in [-0.3, -0.25) is 9.59 Å². The second-order valence-corrected chi connectivity index (χ2v) is 6.12. The van der Waals surface area contributed by atoms with Gasteiger partial charge in [0.1, 0.15) is 5.75 Å². The molecule has 3 rings (SSSR count). The standard InChI is InChI=1S/C20H20N4O3/c1-27-18-7-5-17(6-8-18)23-9-11-24(12-10-23)20(26)19(25)22-16-4-2-3-15(13-16)14-21/h2-8,13H,9-12H2,1H3,(H,22,25). The second-order valence-electron chi connectivity index (χ2n) is 6.12. The Kier molecular flexibility index (Phi) is 5.57. The number of nitriles is 1. The lowest BCUT2D eigenvalue weighted by molar-refractivity contribution is -0.143. The predicted molar refractivity (Wildman–Crippen MR) is 102 cm³/mol. The SMILES string of the molecule is COc1ccc(N2CCN(C(=O)C(=O)Nc3cccc(C#N)c3)CC2)cc1. The first-order valence-electron chi connectivity index (χ1n) is 8.60. The summed E-state index contributed by atoms with van der Waals surface area (Å²) in [5.74, 6) is -0.459. The van der Waals surface area contributed by atoms with E-state index >= 15 is 0 Å². The van der Waals surface area contributed by atoms with Crippen molar-refractivity contribution in [3.8, 4) is 11.8 Å². The Morgan fingerprint density at radius 1 is 1.07 bits per heavy atom. The topological polar surface area (TPSA) is 85.7 Å².